The van der Waals surface area contributed by atoms with Crippen molar-refractivity contribution in [3.63, 3.8) is 0 Å². The van der Waals surface area contributed by atoms with E-state index < -0.39 is 0 Å². The Morgan fingerprint density at radius 3 is 2.47 bits per heavy atom. The van der Waals surface area contributed by atoms with E-state index in [4.69, 9.17) is 27.9 Å². The molecule has 2 nitrogen and oxygen atoms in total. The molecular weight excluding hydrogens is 281 g/mol. The molecule has 1 heterocycles. The first-order valence-electron chi connectivity index (χ1n) is 6.06. The van der Waals surface area contributed by atoms with Crippen LogP contribution in [0, 0.1) is 0 Å². The summed E-state index contributed by atoms with van der Waals surface area (Å²) in [5.74, 6) is 0.866. The maximum absolute atomic E-state index is 6.05. The van der Waals surface area contributed by atoms with E-state index in [2.05, 4.69) is 17.4 Å². The lowest BCUT2D eigenvalue weighted by molar-refractivity contribution is 0.414. The molecule has 1 aliphatic rings. The first-order valence-corrected chi connectivity index (χ1v) is 6.81. The molecular formula is C15H13Cl2NO. The monoisotopic (exact) mass is 293 g/mol. The quantitative estimate of drug-likeness (QED) is 0.866. The molecule has 0 saturated carbocycles. The number of methoxy groups -OCH3 is 1. The number of hydrogen-bond acceptors (Lipinski definition) is 2. The van der Waals surface area contributed by atoms with Gasteiger partial charge in [-0.25, -0.2) is 0 Å². The normalized spacial score (nSPS) is 16.9. The highest BCUT2D eigenvalue weighted by molar-refractivity contribution is 6.42. The third-order valence-electron chi connectivity index (χ3n) is 3.42. The Morgan fingerprint density at radius 2 is 1.79 bits per heavy atom. The van der Waals surface area contributed by atoms with E-state index in [-0.39, 0.29) is 6.04 Å². The average Bonchev–Trinajstić information content (AvgIpc) is 2.82. The Balaban J connectivity index is 1.86. The smallest absolute Gasteiger partial charge is 0.118 e. The van der Waals surface area contributed by atoms with E-state index in [1.54, 1.807) is 7.11 Å². The van der Waals surface area contributed by atoms with Gasteiger partial charge in [0.15, 0.2) is 0 Å². The highest BCUT2D eigenvalue weighted by Crippen LogP contribution is 2.38. The molecule has 1 atom stereocenters. The van der Waals surface area contributed by atoms with Crippen molar-refractivity contribution in [1.29, 1.82) is 0 Å². The lowest BCUT2D eigenvalue weighted by Crippen LogP contribution is -2.05. The van der Waals surface area contributed by atoms with Crippen molar-refractivity contribution in [1.82, 2.24) is 0 Å². The van der Waals surface area contributed by atoms with Gasteiger partial charge in [-0.05, 0) is 41.8 Å². The van der Waals surface area contributed by atoms with Crippen molar-refractivity contribution in [2.24, 2.45) is 0 Å². The van der Waals surface area contributed by atoms with Crippen LogP contribution < -0.4 is 10.1 Å². The van der Waals surface area contributed by atoms with Crippen LogP contribution in [0.1, 0.15) is 17.2 Å². The molecule has 1 aliphatic heterocycles. The second-order valence-corrected chi connectivity index (χ2v) is 5.41. The number of fused-ring (bicyclic) bond motifs is 1. The number of rotatable bonds is 2. The Morgan fingerprint density at radius 1 is 1.11 bits per heavy atom. The Hall–Kier alpha value is -1.38. The molecule has 0 radical (unpaired) electrons. The second-order valence-electron chi connectivity index (χ2n) is 4.60. The van der Waals surface area contributed by atoms with Gasteiger partial charge in [0.25, 0.3) is 0 Å². The molecule has 19 heavy (non-hydrogen) atoms. The molecule has 0 fully saturated rings. The SMILES string of the molecule is COc1ccc(C2Cc3cc(Cl)c(Cl)cc3N2)cc1. The van der Waals surface area contributed by atoms with E-state index in [1.165, 1.54) is 11.1 Å². The van der Waals surface area contributed by atoms with Crippen LogP contribution in [0.2, 0.25) is 10.0 Å². The number of nitrogens with one attached hydrogen (secondary N) is 1. The number of halogens is 2. The molecule has 0 aliphatic carbocycles. The summed E-state index contributed by atoms with van der Waals surface area (Å²) in [6.45, 7) is 0. The van der Waals surface area contributed by atoms with Gasteiger partial charge in [-0.1, -0.05) is 35.3 Å². The zero-order valence-corrected chi connectivity index (χ0v) is 11.9. The first kappa shape index (κ1) is 12.6. The van der Waals surface area contributed by atoms with Crippen molar-refractivity contribution in [2.45, 2.75) is 12.5 Å². The third kappa shape index (κ3) is 2.38. The van der Waals surface area contributed by atoms with Gasteiger partial charge >= 0.3 is 0 Å². The topological polar surface area (TPSA) is 21.3 Å². The number of anilines is 1. The molecule has 4 heteroatoms. The minimum absolute atomic E-state index is 0.260. The molecule has 98 valence electrons. The Bertz CT molecular complexity index is 579. The summed E-state index contributed by atoms with van der Waals surface area (Å²) in [5, 5.41) is 4.67. The Kier molecular flexibility index (Phi) is 3.29. The molecule has 0 spiro atoms. The molecule has 0 saturated heterocycles. The Labute approximate surface area is 122 Å². The zero-order chi connectivity index (χ0) is 13.4. The van der Waals surface area contributed by atoms with Crippen LogP contribution in [0.25, 0.3) is 0 Å². The molecule has 1 N–H and O–H groups in total. The molecule has 1 unspecified atom stereocenters. The first-order chi connectivity index (χ1) is 9.17. The van der Waals surface area contributed by atoms with Gasteiger partial charge in [-0.15, -0.1) is 0 Å². The van der Waals surface area contributed by atoms with Crippen LogP contribution in [0.5, 0.6) is 5.75 Å². The molecule has 0 bridgehead atoms. The fraction of sp³-hybridized carbons (Fsp3) is 0.200. The third-order valence-corrected chi connectivity index (χ3v) is 4.14. The predicted octanol–water partition coefficient (Wildman–Crippen LogP) is 4.71. The van der Waals surface area contributed by atoms with Crippen molar-refractivity contribution in [2.75, 3.05) is 12.4 Å². The summed E-state index contributed by atoms with van der Waals surface area (Å²) in [6.07, 6.45) is 0.915. The minimum atomic E-state index is 0.260. The van der Waals surface area contributed by atoms with E-state index in [1.807, 2.05) is 24.3 Å². The maximum atomic E-state index is 6.05. The van der Waals surface area contributed by atoms with Crippen molar-refractivity contribution in [3.05, 3.63) is 57.6 Å². The lowest BCUT2D eigenvalue weighted by Gasteiger charge is -2.12. The number of benzene rings is 2. The van der Waals surface area contributed by atoms with Crippen LogP contribution >= 0.6 is 23.2 Å². The number of ether oxygens (including phenoxy) is 1. The largest absolute Gasteiger partial charge is 0.497 e. The highest BCUT2D eigenvalue weighted by Gasteiger charge is 2.23. The van der Waals surface area contributed by atoms with E-state index in [0.717, 1.165) is 17.9 Å². The van der Waals surface area contributed by atoms with Gasteiger partial charge in [0, 0.05) is 5.69 Å². The highest BCUT2D eigenvalue weighted by atomic mass is 35.5. The van der Waals surface area contributed by atoms with Crippen molar-refractivity contribution < 1.29 is 4.74 Å². The maximum Gasteiger partial charge on any atom is 0.118 e. The van der Waals surface area contributed by atoms with Gasteiger partial charge in [0.05, 0.1) is 23.2 Å². The summed E-state index contributed by atoms with van der Waals surface area (Å²) >= 11 is 12.1. The summed E-state index contributed by atoms with van der Waals surface area (Å²) < 4.78 is 5.17. The van der Waals surface area contributed by atoms with Gasteiger partial charge < -0.3 is 10.1 Å². The van der Waals surface area contributed by atoms with Gasteiger partial charge in [-0.3, -0.25) is 0 Å². The lowest BCUT2D eigenvalue weighted by atomic mass is 10.0. The minimum Gasteiger partial charge on any atom is -0.497 e. The molecule has 3 rings (SSSR count). The molecule has 2 aromatic carbocycles. The van der Waals surface area contributed by atoms with Crippen LogP contribution in [0.15, 0.2) is 36.4 Å². The second kappa shape index (κ2) is 4.95. The van der Waals surface area contributed by atoms with E-state index in [9.17, 15) is 0 Å². The van der Waals surface area contributed by atoms with Gasteiger partial charge in [0.2, 0.25) is 0 Å². The van der Waals surface area contributed by atoms with E-state index in [0.29, 0.717) is 10.0 Å². The van der Waals surface area contributed by atoms with Gasteiger partial charge in [0.1, 0.15) is 5.75 Å². The number of hydrogen-bond donors (Lipinski definition) is 1. The summed E-state index contributed by atoms with van der Waals surface area (Å²) in [7, 11) is 1.67. The fourth-order valence-electron chi connectivity index (χ4n) is 2.39. The van der Waals surface area contributed by atoms with Crippen molar-refractivity contribution >= 4 is 28.9 Å². The van der Waals surface area contributed by atoms with Crippen LogP contribution in [0.3, 0.4) is 0 Å². The van der Waals surface area contributed by atoms with E-state index >= 15 is 0 Å². The fourth-order valence-corrected chi connectivity index (χ4v) is 2.74. The van der Waals surface area contributed by atoms with Crippen molar-refractivity contribution in [3.8, 4) is 5.75 Å². The molecule has 0 amide bonds. The standard InChI is InChI=1S/C15H13Cl2NO/c1-19-11-4-2-9(3-5-11)14-7-10-6-12(16)13(17)8-15(10)18-14/h2-6,8,14,18H,7H2,1H3. The predicted molar refractivity (Wildman–Crippen MR) is 79.5 cm³/mol. The molecule has 2 aromatic rings. The zero-order valence-electron chi connectivity index (χ0n) is 10.4. The summed E-state index contributed by atoms with van der Waals surface area (Å²) in [4.78, 5) is 0. The summed E-state index contributed by atoms with van der Waals surface area (Å²) in [5.41, 5.74) is 3.50. The molecule has 0 aromatic heterocycles. The summed E-state index contributed by atoms with van der Waals surface area (Å²) in [6, 6.07) is 12.2. The van der Waals surface area contributed by atoms with Crippen LogP contribution in [0.4, 0.5) is 5.69 Å². The van der Waals surface area contributed by atoms with Gasteiger partial charge in [-0.2, -0.15) is 0 Å². The van der Waals surface area contributed by atoms with Crippen LogP contribution in [-0.2, 0) is 6.42 Å². The average molecular weight is 294 g/mol. The van der Waals surface area contributed by atoms with Crippen LogP contribution in [-0.4, -0.2) is 7.11 Å².